The first-order chi connectivity index (χ1) is 10.1. The van der Waals surface area contributed by atoms with Crippen molar-refractivity contribution >= 4 is 17.4 Å². The van der Waals surface area contributed by atoms with Crippen LogP contribution in [-0.4, -0.2) is 21.6 Å². The largest absolute Gasteiger partial charge is 0.275 e. The van der Waals surface area contributed by atoms with Gasteiger partial charge in [0.25, 0.3) is 0 Å². The predicted molar refractivity (Wildman–Crippen MR) is 84.2 cm³/mol. The minimum absolute atomic E-state index is 0.461. The smallest absolute Gasteiger partial charge is 0.180 e. The lowest BCUT2D eigenvalue weighted by Gasteiger charge is -2.11. The highest BCUT2D eigenvalue weighted by Gasteiger charge is 2.12. The third-order valence-electron chi connectivity index (χ3n) is 2.90. The number of aromatic nitrogens is 3. The van der Waals surface area contributed by atoms with E-state index in [1.165, 1.54) is 0 Å². The summed E-state index contributed by atoms with van der Waals surface area (Å²) < 4.78 is 0. The molecule has 21 heavy (non-hydrogen) atoms. The van der Waals surface area contributed by atoms with E-state index in [2.05, 4.69) is 27.4 Å². The summed E-state index contributed by atoms with van der Waals surface area (Å²) >= 11 is 6.21. The molecule has 0 fully saturated rings. The van der Waals surface area contributed by atoms with Gasteiger partial charge >= 0.3 is 0 Å². The first-order valence-corrected chi connectivity index (χ1v) is 7.35. The van der Waals surface area contributed by atoms with E-state index in [9.17, 15) is 0 Å². The van der Waals surface area contributed by atoms with Gasteiger partial charge in [0.15, 0.2) is 11.6 Å². The van der Waals surface area contributed by atoms with Crippen LogP contribution in [0.1, 0.15) is 31.2 Å². The maximum Gasteiger partial charge on any atom is 0.180 e. The first kappa shape index (κ1) is 15.7. The van der Waals surface area contributed by atoms with Crippen molar-refractivity contribution in [1.82, 2.24) is 15.0 Å². The zero-order chi connectivity index (χ0) is 15.2. The fourth-order valence-electron chi connectivity index (χ4n) is 1.74. The summed E-state index contributed by atoms with van der Waals surface area (Å²) in [6, 6.07) is 5.73. The molecular weight excluding hydrogens is 288 g/mol. The number of rotatable bonds is 6. The van der Waals surface area contributed by atoms with Gasteiger partial charge in [0.05, 0.1) is 12.3 Å². The summed E-state index contributed by atoms with van der Waals surface area (Å²) in [6.45, 7) is 6.47. The number of nitrogens with zero attached hydrogens (tertiary/aromatic N) is 3. The third kappa shape index (κ3) is 4.12. The Hall–Kier alpha value is -1.72. The van der Waals surface area contributed by atoms with Gasteiger partial charge in [0.1, 0.15) is 10.7 Å². The van der Waals surface area contributed by atoms with E-state index >= 15 is 0 Å². The number of hydrogen-bond acceptors (Lipinski definition) is 5. The van der Waals surface area contributed by atoms with Gasteiger partial charge in [0, 0.05) is 5.69 Å². The zero-order valence-electron chi connectivity index (χ0n) is 12.5. The van der Waals surface area contributed by atoms with E-state index in [0.717, 1.165) is 18.5 Å². The fraction of sp³-hybridized carbons (Fsp3) is 0.400. The van der Waals surface area contributed by atoms with Crippen LogP contribution in [0.15, 0.2) is 18.2 Å². The van der Waals surface area contributed by atoms with Crippen LogP contribution >= 0.6 is 11.6 Å². The van der Waals surface area contributed by atoms with Gasteiger partial charge in [-0.2, -0.15) is 0 Å². The van der Waals surface area contributed by atoms with Crippen molar-refractivity contribution < 1.29 is 4.84 Å². The molecule has 0 amide bonds. The second kappa shape index (κ2) is 7.33. The van der Waals surface area contributed by atoms with Gasteiger partial charge in [0.2, 0.25) is 0 Å². The Morgan fingerprint density at radius 1 is 1.19 bits per heavy atom. The Morgan fingerprint density at radius 3 is 2.71 bits per heavy atom. The average Bonchev–Trinajstić information content (AvgIpc) is 2.47. The van der Waals surface area contributed by atoms with E-state index < -0.39 is 0 Å². The van der Waals surface area contributed by atoms with Gasteiger partial charge in [-0.15, -0.1) is 0 Å². The van der Waals surface area contributed by atoms with Crippen LogP contribution < -0.4 is 5.48 Å². The number of aryl methyl sites for hydroxylation is 2. The summed E-state index contributed by atoms with van der Waals surface area (Å²) in [5.41, 5.74) is 5.12. The molecule has 0 aromatic carbocycles. The number of hydrogen-bond donors (Lipinski definition) is 1. The lowest BCUT2D eigenvalue weighted by atomic mass is 10.3. The highest BCUT2D eigenvalue weighted by molar-refractivity contribution is 6.33. The van der Waals surface area contributed by atoms with Gasteiger partial charge in [-0.3, -0.25) is 4.84 Å². The molecule has 2 heterocycles. The quantitative estimate of drug-likeness (QED) is 0.647. The van der Waals surface area contributed by atoms with E-state index in [1.54, 1.807) is 0 Å². The molecule has 0 spiro atoms. The third-order valence-corrected chi connectivity index (χ3v) is 3.36. The van der Waals surface area contributed by atoms with Crippen LogP contribution in [0.25, 0.3) is 11.5 Å². The van der Waals surface area contributed by atoms with E-state index in [4.69, 9.17) is 16.4 Å². The van der Waals surface area contributed by atoms with Crippen LogP contribution in [0.4, 0.5) is 5.82 Å². The van der Waals surface area contributed by atoms with Crippen LogP contribution in [-0.2, 0) is 4.84 Å². The van der Waals surface area contributed by atoms with Gasteiger partial charge in [-0.25, -0.2) is 20.4 Å². The molecular formula is C15H19ClN4O. The maximum atomic E-state index is 6.21. The maximum absolute atomic E-state index is 6.21. The number of unbranched alkanes of at least 4 members (excludes halogenated alkanes) is 1. The molecule has 2 aromatic heterocycles. The van der Waals surface area contributed by atoms with Crippen LogP contribution in [0.2, 0.25) is 5.02 Å². The van der Waals surface area contributed by atoms with Crippen molar-refractivity contribution in [1.29, 1.82) is 0 Å². The van der Waals surface area contributed by atoms with E-state index in [0.29, 0.717) is 34.7 Å². The standard InChI is InChI=1S/C15H19ClN4O/c1-4-5-9-21-20-15-13(16)11(3)18-14(19-15)12-8-6-7-10(2)17-12/h6-8H,4-5,9H2,1-3H3,(H,18,19,20). The topological polar surface area (TPSA) is 59.9 Å². The molecule has 0 saturated heterocycles. The van der Waals surface area contributed by atoms with Crippen molar-refractivity contribution in [3.8, 4) is 11.5 Å². The molecule has 1 N–H and O–H groups in total. The van der Waals surface area contributed by atoms with Gasteiger partial charge < -0.3 is 0 Å². The Bertz CT molecular complexity index is 619. The molecule has 5 nitrogen and oxygen atoms in total. The minimum Gasteiger partial charge on any atom is -0.275 e. The lowest BCUT2D eigenvalue weighted by molar-refractivity contribution is 0.188. The second-order valence-corrected chi connectivity index (χ2v) is 5.14. The average molecular weight is 307 g/mol. The molecule has 0 radical (unpaired) electrons. The van der Waals surface area contributed by atoms with Crippen LogP contribution in [0.3, 0.4) is 0 Å². The molecule has 0 aliphatic rings. The van der Waals surface area contributed by atoms with Crippen molar-refractivity contribution in [3.63, 3.8) is 0 Å². The molecule has 2 rings (SSSR count). The first-order valence-electron chi connectivity index (χ1n) is 6.97. The molecule has 0 atom stereocenters. The Kier molecular flexibility index (Phi) is 5.47. The van der Waals surface area contributed by atoms with Crippen molar-refractivity contribution in [2.75, 3.05) is 12.1 Å². The summed E-state index contributed by atoms with van der Waals surface area (Å²) in [5.74, 6) is 1.00. The summed E-state index contributed by atoms with van der Waals surface area (Å²) in [4.78, 5) is 18.6. The Labute approximate surface area is 129 Å². The molecule has 6 heteroatoms. The van der Waals surface area contributed by atoms with Gasteiger partial charge in [-0.1, -0.05) is 31.0 Å². The molecule has 112 valence electrons. The fourth-order valence-corrected chi connectivity index (χ4v) is 1.87. The van der Waals surface area contributed by atoms with E-state index in [1.807, 2.05) is 32.0 Å². The summed E-state index contributed by atoms with van der Waals surface area (Å²) in [7, 11) is 0. The number of anilines is 1. The number of halogens is 1. The Morgan fingerprint density at radius 2 is 2.00 bits per heavy atom. The normalized spacial score (nSPS) is 10.7. The van der Waals surface area contributed by atoms with E-state index in [-0.39, 0.29) is 0 Å². The van der Waals surface area contributed by atoms with Crippen molar-refractivity contribution in [3.05, 3.63) is 34.6 Å². The summed E-state index contributed by atoms with van der Waals surface area (Å²) in [5, 5.41) is 0.461. The van der Waals surface area contributed by atoms with Crippen molar-refractivity contribution in [2.24, 2.45) is 0 Å². The van der Waals surface area contributed by atoms with Crippen LogP contribution in [0.5, 0.6) is 0 Å². The highest BCUT2D eigenvalue weighted by atomic mass is 35.5. The second-order valence-electron chi connectivity index (χ2n) is 4.76. The van der Waals surface area contributed by atoms with Crippen LogP contribution in [0, 0.1) is 13.8 Å². The molecule has 0 bridgehead atoms. The zero-order valence-corrected chi connectivity index (χ0v) is 13.2. The monoisotopic (exact) mass is 306 g/mol. The molecule has 0 aliphatic carbocycles. The lowest BCUT2D eigenvalue weighted by Crippen LogP contribution is -2.07. The minimum atomic E-state index is 0.461. The summed E-state index contributed by atoms with van der Waals surface area (Å²) in [6.07, 6.45) is 2.04. The molecule has 0 aliphatic heterocycles. The highest BCUT2D eigenvalue weighted by Crippen LogP contribution is 2.25. The van der Waals surface area contributed by atoms with Crippen molar-refractivity contribution in [2.45, 2.75) is 33.6 Å². The SMILES string of the molecule is CCCCONc1nc(-c2cccc(C)n2)nc(C)c1Cl. The molecule has 2 aromatic rings. The molecule has 0 unspecified atom stereocenters. The van der Waals surface area contributed by atoms with Gasteiger partial charge in [-0.05, 0) is 32.4 Å². The Balaban J connectivity index is 2.25. The molecule has 0 saturated carbocycles. The predicted octanol–water partition coefficient (Wildman–Crippen LogP) is 3.95. The number of pyridine rings is 1. The number of nitrogens with one attached hydrogen (secondary N) is 1.